The lowest BCUT2D eigenvalue weighted by atomic mass is 9.67. The van der Waals surface area contributed by atoms with Crippen LogP contribution in [0.4, 0.5) is 0 Å². The highest BCUT2D eigenvalue weighted by atomic mass is 32.2. The Hall–Kier alpha value is 0.310. The minimum atomic E-state index is 0.695. The van der Waals surface area contributed by atoms with E-state index in [0.29, 0.717) is 5.92 Å². The quantitative estimate of drug-likeness (QED) is 0.232. The zero-order valence-electron chi connectivity index (χ0n) is 27.3. The van der Waals surface area contributed by atoms with Gasteiger partial charge in [0.05, 0.1) is 0 Å². The van der Waals surface area contributed by atoms with Gasteiger partial charge in [0.25, 0.3) is 0 Å². The first kappa shape index (κ1) is 32.8. The molecule has 1 aliphatic heterocycles. The summed E-state index contributed by atoms with van der Waals surface area (Å²) in [5.74, 6) is 10.3. The summed E-state index contributed by atoms with van der Waals surface area (Å²) in [6.45, 7) is 23.9. The third kappa shape index (κ3) is 8.42. The molecule has 1 nitrogen and oxygen atoms in total. The smallest absolute Gasteiger partial charge is 0.0107 e. The van der Waals surface area contributed by atoms with Gasteiger partial charge < -0.3 is 5.73 Å². The molecule has 0 radical (unpaired) electrons. The van der Waals surface area contributed by atoms with Crippen LogP contribution in [0.2, 0.25) is 0 Å². The molecule has 1 heterocycles. The molecule has 224 valence electrons. The molecule has 14 unspecified atom stereocenters. The Morgan fingerprint density at radius 3 is 2.21 bits per heavy atom. The summed E-state index contributed by atoms with van der Waals surface area (Å²) in [4.78, 5) is 0. The van der Waals surface area contributed by atoms with Crippen molar-refractivity contribution in [1.29, 1.82) is 0 Å². The molecule has 0 spiro atoms. The lowest BCUT2D eigenvalue weighted by Crippen LogP contribution is -2.38. The monoisotopic (exact) mass is 548 g/mol. The van der Waals surface area contributed by atoms with Gasteiger partial charge in [-0.15, -0.1) is 0 Å². The van der Waals surface area contributed by atoms with Crippen LogP contribution in [-0.2, 0) is 0 Å². The van der Waals surface area contributed by atoms with Crippen molar-refractivity contribution in [1.82, 2.24) is 0 Å². The normalized spacial score (nSPS) is 41.2. The van der Waals surface area contributed by atoms with Crippen LogP contribution in [0.15, 0.2) is 0 Å². The Kier molecular flexibility index (Phi) is 13.4. The summed E-state index contributed by atoms with van der Waals surface area (Å²) < 4.78 is 0. The van der Waals surface area contributed by atoms with Crippen LogP contribution in [0.1, 0.15) is 139 Å². The largest absolute Gasteiger partial charge is 0.330 e. The van der Waals surface area contributed by atoms with Crippen molar-refractivity contribution in [2.24, 2.45) is 76.7 Å². The first-order valence-electron chi connectivity index (χ1n) is 17.4. The van der Waals surface area contributed by atoms with Gasteiger partial charge in [0.2, 0.25) is 0 Å². The molecule has 2 N–H and O–H groups in total. The summed E-state index contributed by atoms with van der Waals surface area (Å²) in [5, 5.41) is 1.77. The highest BCUT2D eigenvalue weighted by Crippen LogP contribution is 2.57. The van der Waals surface area contributed by atoms with Crippen LogP contribution in [0.25, 0.3) is 0 Å². The number of rotatable bonds is 13. The standard InChI is InChI=1S/C36H69NS/c1-10-11-12-14-23(2)17-25(4)19-32(22-37)26(5)20-33-30(9)35-21-34(33)28(7)27(6)29(8)36(38-35)31-16-13-15-24(3)18-31/h23-36H,10-22,37H2,1-9H3. The predicted octanol–water partition coefficient (Wildman–Crippen LogP) is 10.7. The molecule has 3 aliphatic rings. The molecular formula is C36H69NS. The topological polar surface area (TPSA) is 26.0 Å². The van der Waals surface area contributed by atoms with Crippen LogP contribution in [0.3, 0.4) is 0 Å². The lowest BCUT2D eigenvalue weighted by Gasteiger charge is -2.43. The van der Waals surface area contributed by atoms with Crippen molar-refractivity contribution in [3.05, 3.63) is 0 Å². The second kappa shape index (κ2) is 15.5. The van der Waals surface area contributed by atoms with Gasteiger partial charge in [-0.1, -0.05) is 101 Å². The average molecular weight is 548 g/mol. The summed E-state index contributed by atoms with van der Waals surface area (Å²) in [7, 11) is 0. The fourth-order valence-electron chi connectivity index (χ4n) is 9.65. The molecule has 0 amide bonds. The molecule has 1 saturated heterocycles. The van der Waals surface area contributed by atoms with Gasteiger partial charge in [-0.05, 0) is 116 Å². The minimum Gasteiger partial charge on any atom is -0.330 e. The summed E-state index contributed by atoms with van der Waals surface area (Å²) >= 11 is 2.48. The highest BCUT2D eigenvalue weighted by Gasteiger charge is 2.50. The van der Waals surface area contributed by atoms with E-state index in [2.05, 4.69) is 74.1 Å². The minimum absolute atomic E-state index is 0.695. The van der Waals surface area contributed by atoms with Gasteiger partial charge in [0, 0.05) is 10.5 Å². The third-order valence-electron chi connectivity index (χ3n) is 12.5. The molecule has 2 saturated carbocycles. The molecular weight excluding hydrogens is 478 g/mol. The number of hydrogen-bond acceptors (Lipinski definition) is 2. The zero-order valence-corrected chi connectivity index (χ0v) is 28.1. The van der Waals surface area contributed by atoms with Crippen molar-refractivity contribution in [3.8, 4) is 0 Å². The van der Waals surface area contributed by atoms with Crippen molar-refractivity contribution >= 4 is 11.8 Å². The maximum atomic E-state index is 6.49. The van der Waals surface area contributed by atoms with E-state index in [1.807, 2.05) is 0 Å². The Balaban J connectivity index is 1.64. The predicted molar refractivity (Wildman–Crippen MR) is 173 cm³/mol. The number of hydrogen-bond donors (Lipinski definition) is 1. The molecule has 2 aliphatic carbocycles. The molecule has 14 atom stereocenters. The van der Waals surface area contributed by atoms with Crippen LogP contribution < -0.4 is 5.73 Å². The van der Waals surface area contributed by atoms with Gasteiger partial charge in [0.1, 0.15) is 0 Å². The molecule has 2 bridgehead atoms. The highest BCUT2D eigenvalue weighted by molar-refractivity contribution is 8.00. The maximum Gasteiger partial charge on any atom is 0.0107 e. The molecule has 0 aromatic rings. The van der Waals surface area contributed by atoms with E-state index in [4.69, 9.17) is 5.73 Å². The van der Waals surface area contributed by atoms with E-state index in [1.165, 1.54) is 77.0 Å². The van der Waals surface area contributed by atoms with Crippen LogP contribution >= 0.6 is 11.8 Å². The third-order valence-corrected chi connectivity index (χ3v) is 14.6. The van der Waals surface area contributed by atoms with Gasteiger partial charge >= 0.3 is 0 Å². The maximum absolute atomic E-state index is 6.49. The van der Waals surface area contributed by atoms with Gasteiger partial charge in [-0.2, -0.15) is 11.8 Å². The van der Waals surface area contributed by atoms with Crippen molar-refractivity contribution in [2.75, 3.05) is 6.54 Å². The van der Waals surface area contributed by atoms with Gasteiger partial charge in [0.15, 0.2) is 0 Å². The number of unbranched alkanes of at least 4 members (excludes halogenated alkanes) is 2. The van der Waals surface area contributed by atoms with E-state index in [-0.39, 0.29) is 0 Å². The van der Waals surface area contributed by atoms with E-state index in [1.54, 1.807) is 0 Å². The summed E-state index contributed by atoms with van der Waals surface area (Å²) in [6, 6.07) is 0. The zero-order chi connectivity index (χ0) is 28.0. The van der Waals surface area contributed by atoms with E-state index < -0.39 is 0 Å². The Bertz CT molecular complexity index is 664. The fourth-order valence-corrected chi connectivity index (χ4v) is 11.8. The van der Waals surface area contributed by atoms with Crippen molar-refractivity contribution < 1.29 is 0 Å². The lowest BCUT2D eigenvalue weighted by molar-refractivity contribution is 0.115. The van der Waals surface area contributed by atoms with E-state index in [0.717, 1.165) is 82.1 Å². The van der Waals surface area contributed by atoms with Crippen molar-refractivity contribution in [2.45, 2.75) is 150 Å². The fraction of sp³-hybridized carbons (Fsp3) is 1.00. The first-order chi connectivity index (χ1) is 18.1. The molecule has 2 heteroatoms. The number of fused-ring (bicyclic) bond motifs is 2. The Morgan fingerprint density at radius 2 is 1.55 bits per heavy atom. The first-order valence-corrected chi connectivity index (χ1v) is 18.4. The van der Waals surface area contributed by atoms with E-state index in [9.17, 15) is 0 Å². The van der Waals surface area contributed by atoms with Gasteiger partial charge in [-0.25, -0.2) is 0 Å². The summed E-state index contributed by atoms with van der Waals surface area (Å²) in [6.07, 6.45) is 17.1. The van der Waals surface area contributed by atoms with Gasteiger partial charge in [-0.3, -0.25) is 0 Å². The Labute approximate surface area is 244 Å². The van der Waals surface area contributed by atoms with Crippen LogP contribution in [-0.4, -0.2) is 17.0 Å². The number of nitrogens with two attached hydrogens (primary N) is 1. The second-order valence-corrected chi connectivity index (χ2v) is 17.0. The van der Waals surface area contributed by atoms with Crippen molar-refractivity contribution in [3.63, 3.8) is 0 Å². The average Bonchev–Trinajstić information content (AvgIpc) is 3.19. The molecule has 3 fully saturated rings. The van der Waals surface area contributed by atoms with Crippen LogP contribution in [0, 0.1) is 71.0 Å². The van der Waals surface area contributed by atoms with Crippen LogP contribution in [0.5, 0.6) is 0 Å². The molecule has 0 aromatic heterocycles. The number of thioether (sulfide) groups is 1. The Morgan fingerprint density at radius 1 is 0.816 bits per heavy atom. The second-order valence-electron chi connectivity index (χ2n) is 15.6. The van der Waals surface area contributed by atoms with E-state index >= 15 is 0 Å². The SMILES string of the molecule is CCCCCC(C)CC(C)CC(CN)C(C)CC1C(C)C2CC1C(C)C(C)C(C)C(C1CCCC(C)C1)S2. The molecule has 38 heavy (non-hydrogen) atoms. The molecule has 0 aromatic carbocycles. The summed E-state index contributed by atoms with van der Waals surface area (Å²) in [5.41, 5.74) is 6.49. The molecule has 3 rings (SSSR count).